The first-order chi connectivity index (χ1) is 8.39. The summed E-state index contributed by atoms with van der Waals surface area (Å²) in [4.78, 5) is 10.7. The molecule has 0 saturated heterocycles. The van der Waals surface area contributed by atoms with Crippen LogP contribution in [0.4, 0.5) is 13.2 Å². The minimum Gasteiger partial charge on any atom is -0.478 e. The number of carboxylic acid groups (broad SMARTS) is 1. The van der Waals surface area contributed by atoms with Crippen LogP contribution in [0.15, 0.2) is 42.7 Å². The van der Waals surface area contributed by atoms with Gasteiger partial charge in [-0.05, 0) is 18.2 Å². The quantitative estimate of drug-likeness (QED) is 0.895. The lowest BCUT2D eigenvalue weighted by Crippen LogP contribution is -2.09. The van der Waals surface area contributed by atoms with E-state index in [1.165, 1.54) is 30.5 Å². The lowest BCUT2D eigenvalue weighted by Gasteiger charge is -2.13. The maximum absolute atomic E-state index is 12.8. The summed E-state index contributed by atoms with van der Waals surface area (Å²) in [5.74, 6) is -1.18. The molecule has 1 aromatic heterocycles. The molecule has 3 nitrogen and oxygen atoms in total. The number of hydrogen-bond donors (Lipinski definition) is 1. The lowest BCUT2D eigenvalue weighted by atomic mass is 10.1. The predicted molar refractivity (Wildman–Crippen MR) is 57.7 cm³/mol. The van der Waals surface area contributed by atoms with Crippen molar-refractivity contribution in [1.82, 2.24) is 4.57 Å². The fourth-order valence-corrected chi connectivity index (χ4v) is 1.61. The van der Waals surface area contributed by atoms with Crippen LogP contribution in [0.25, 0.3) is 5.69 Å². The normalized spacial score (nSPS) is 11.5. The van der Waals surface area contributed by atoms with Crippen molar-refractivity contribution in [3.63, 3.8) is 0 Å². The summed E-state index contributed by atoms with van der Waals surface area (Å²) in [6.45, 7) is 0. The summed E-state index contributed by atoms with van der Waals surface area (Å²) in [7, 11) is 0. The maximum atomic E-state index is 12.8. The van der Waals surface area contributed by atoms with Gasteiger partial charge in [0.2, 0.25) is 0 Å². The van der Waals surface area contributed by atoms with Crippen LogP contribution in [0.5, 0.6) is 0 Å². The van der Waals surface area contributed by atoms with Gasteiger partial charge in [0, 0.05) is 12.4 Å². The minimum atomic E-state index is -4.48. The molecule has 18 heavy (non-hydrogen) atoms. The number of benzene rings is 1. The van der Waals surface area contributed by atoms with Crippen LogP contribution in [0.1, 0.15) is 15.9 Å². The summed E-state index contributed by atoms with van der Waals surface area (Å²) in [5, 5.41) is 8.74. The topological polar surface area (TPSA) is 42.2 Å². The van der Waals surface area contributed by atoms with Gasteiger partial charge in [-0.15, -0.1) is 0 Å². The zero-order valence-corrected chi connectivity index (χ0v) is 8.98. The number of carboxylic acids is 1. The average molecular weight is 255 g/mol. The van der Waals surface area contributed by atoms with Crippen LogP contribution in [0.3, 0.4) is 0 Å². The van der Waals surface area contributed by atoms with Gasteiger partial charge in [-0.1, -0.05) is 12.1 Å². The molecule has 1 N–H and O–H groups in total. The van der Waals surface area contributed by atoms with Crippen LogP contribution < -0.4 is 0 Å². The Labute approximate surface area is 100 Å². The molecule has 1 heterocycles. The van der Waals surface area contributed by atoms with Crippen LogP contribution in [-0.2, 0) is 6.18 Å². The van der Waals surface area contributed by atoms with E-state index in [4.69, 9.17) is 5.11 Å². The second-order valence-electron chi connectivity index (χ2n) is 3.63. The van der Waals surface area contributed by atoms with Gasteiger partial charge >= 0.3 is 12.1 Å². The first kappa shape index (κ1) is 12.2. The second-order valence-corrected chi connectivity index (χ2v) is 3.63. The van der Waals surface area contributed by atoms with Gasteiger partial charge in [-0.2, -0.15) is 13.2 Å². The van der Waals surface area contributed by atoms with E-state index in [1.807, 2.05) is 0 Å². The predicted octanol–water partition coefficient (Wildman–Crippen LogP) is 3.19. The Balaban J connectivity index is 2.53. The van der Waals surface area contributed by atoms with Gasteiger partial charge in [-0.25, -0.2) is 4.79 Å². The molecule has 0 atom stereocenters. The zero-order valence-electron chi connectivity index (χ0n) is 8.98. The van der Waals surface area contributed by atoms with Gasteiger partial charge in [0.25, 0.3) is 0 Å². The van der Waals surface area contributed by atoms with Crippen LogP contribution in [0.2, 0.25) is 0 Å². The molecule has 1 aromatic carbocycles. The molecule has 2 aromatic rings. The number of aromatic nitrogens is 1. The van der Waals surface area contributed by atoms with E-state index >= 15 is 0 Å². The molecule has 0 fully saturated rings. The molecule has 0 saturated carbocycles. The maximum Gasteiger partial charge on any atom is 0.418 e. The van der Waals surface area contributed by atoms with Gasteiger partial charge in [0.05, 0.1) is 16.8 Å². The highest BCUT2D eigenvalue weighted by molar-refractivity contribution is 5.87. The van der Waals surface area contributed by atoms with Crippen molar-refractivity contribution in [2.75, 3.05) is 0 Å². The molecule has 0 unspecified atom stereocenters. The summed E-state index contributed by atoms with van der Waals surface area (Å²) in [6.07, 6.45) is -2.05. The number of nitrogens with zero attached hydrogens (tertiary/aromatic N) is 1. The smallest absolute Gasteiger partial charge is 0.418 e. The Morgan fingerprint density at radius 2 is 1.83 bits per heavy atom. The largest absolute Gasteiger partial charge is 0.478 e. The van der Waals surface area contributed by atoms with Crippen molar-refractivity contribution in [2.24, 2.45) is 0 Å². The Hall–Kier alpha value is -2.24. The van der Waals surface area contributed by atoms with E-state index in [9.17, 15) is 18.0 Å². The van der Waals surface area contributed by atoms with Crippen LogP contribution in [-0.4, -0.2) is 15.6 Å². The fourth-order valence-electron chi connectivity index (χ4n) is 1.61. The van der Waals surface area contributed by atoms with Crippen LogP contribution in [0, 0.1) is 0 Å². The van der Waals surface area contributed by atoms with E-state index in [1.54, 1.807) is 0 Å². The highest BCUT2D eigenvalue weighted by Gasteiger charge is 2.33. The molecule has 0 aliphatic carbocycles. The molecule has 2 rings (SSSR count). The number of halogens is 3. The number of para-hydroxylation sites is 1. The third kappa shape index (κ3) is 2.22. The molecule has 6 heteroatoms. The van der Waals surface area contributed by atoms with Gasteiger partial charge in [-0.3, -0.25) is 0 Å². The van der Waals surface area contributed by atoms with E-state index < -0.39 is 17.7 Å². The highest BCUT2D eigenvalue weighted by atomic mass is 19.4. The Bertz CT molecular complexity index is 587. The summed E-state index contributed by atoms with van der Waals surface area (Å²) in [6, 6.07) is 6.23. The van der Waals surface area contributed by atoms with E-state index in [2.05, 4.69) is 0 Å². The second kappa shape index (κ2) is 4.21. The molecule has 0 aliphatic rings. The number of rotatable bonds is 2. The molecule has 0 radical (unpaired) electrons. The summed E-state index contributed by atoms with van der Waals surface area (Å²) in [5.41, 5.74) is -0.970. The van der Waals surface area contributed by atoms with E-state index in [0.29, 0.717) is 0 Å². The monoisotopic (exact) mass is 255 g/mol. The zero-order chi connectivity index (χ0) is 13.3. The average Bonchev–Trinajstić information content (AvgIpc) is 2.77. The number of carbonyl (C=O) groups is 1. The van der Waals surface area contributed by atoms with Crippen molar-refractivity contribution in [3.8, 4) is 5.69 Å². The van der Waals surface area contributed by atoms with Crippen molar-refractivity contribution in [1.29, 1.82) is 0 Å². The van der Waals surface area contributed by atoms with E-state index in [-0.39, 0.29) is 11.3 Å². The third-order valence-corrected chi connectivity index (χ3v) is 2.43. The Kier molecular flexibility index (Phi) is 2.86. The minimum absolute atomic E-state index is 0.0630. The third-order valence-electron chi connectivity index (χ3n) is 2.43. The van der Waals surface area contributed by atoms with Gasteiger partial charge in [0.1, 0.15) is 0 Å². The molecular weight excluding hydrogens is 247 g/mol. The van der Waals surface area contributed by atoms with Crippen molar-refractivity contribution in [2.45, 2.75) is 6.18 Å². The number of hydrogen-bond acceptors (Lipinski definition) is 1. The molecule has 0 amide bonds. The number of aromatic carboxylic acids is 1. The molecule has 94 valence electrons. The first-order valence-electron chi connectivity index (χ1n) is 4.97. The van der Waals surface area contributed by atoms with Crippen molar-refractivity contribution in [3.05, 3.63) is 53.9 Å². The standard InChI is InChI=1S/C12H8F3NO2/c13-12(14,15)9-3-1-2-4-10(9)16-6-5-8(7-16)11(17)18/h1-7H,(H,17,18). The Morgan fingerprint density at radius 3 is 2.39 bits per heavy atom. The molecule has 0 spiro atoms. The lowest BCUT2D eigenvalue weighted by molar-refractivity contribution is -0.137. The summed E-state index contributed by atoms with van der Waals surface area (Å²) < 4.78 is 39.5. The Morgan fingerprint density at radius 1 is 1.17 bits per heavy atom. The van der Waals surface area contributed by atoms with Gasteiger partial charge in [0.15, 0.2) is 0 Å². The van der Waals surface area contributed by atoms with E-state index in [0.717, 1.165) is 16.8 Å². The number of alkyl halides is 3. The van der Waals surface area contributed by atoms with Gasteiger partial charge < -0.3 is 9.67 Å². The first-order valence-corrected chi connectivity index (χ1v) is 4.97. The molecule has 0 bridgehead atoms. The van der Waals surface area contributed by atoms with Crippen molar-refractivity contribution >= 4 is 5.97 Å². The summed E-state index contributed by atoms with van der Waals surface area (Å²) >= 11 is 0. The fraction of sp³-hybridized carbons (Fsp3) is 0.0833. The molecule has 0 aliphatic heterocycles. The molecular formula is C12H8F3NO2. The van der Waals surface area contributed by atoms with Crippen LogP contribution >= 0.6 is 0 Å². The SMILES string of the molecule is O=C(O)c1ccn(-c2ccccc2C(F)(F)F)c1. The highest BCUT2D eigenvalue weighted by Crippen LogP contribution is 2.33. The van der Waals surface area contributed by atoms with Crippen molar-refractivity contribution < 1.29 is 23.1 Å².